The van der Waals surface area contributed by atoms with E-state index in [0.29, 0.717) is 20.9 Å². The maximum Gasteiger partial charge on any atom is 0.240 e. The number of rotatable bonds is 4. The van der Waals surface area contributed by atoms with Crippen LogP contribution < -0.4 is 10.6 Å². The van der Waals surface area contributed by atoms with Crippen LogP contribution in [0.25, 0.3) is 0 Å². The van der Waals surface area contributed by atoms with Crippen molar-refractivity contribution in [2.75, 3.05) is 5.32 Å². The number of amidine groups is 1. The van der Waals surface area contributed by atoms with Crippen LogP contribution in [-0.2, 0) is 9.59 Å². The molecule has 1 aromatic rings. The summed E-state index contributed by atoms with van der Waals surface area (Å²) in [5.74, 6) is -0.567. The van der Waals surface area contributed by atoms with E-state index in [9.17, 15) is 9.59 Å². The smallest absolute Gasteiger partial charge is 0.240 e. The fourth-order valence-electron chi connectivity index (χ4n) is 2.55. The molecular formula is C16H16Cl2N4O2S. The molecule has 2 amide bonds. The Kier molecular flexibility index (Phi) is 5.98. The third-order valence-electron chi connectivity index (χ3n) is 3.81. The van der Waals surface area contributed by atoms with Gasteiger partial charge in [-0.2, -0.15) is 5.10 Å². The third kappa shape index (κ3) is 4.96. The topological polar surface area (TPSA) is 82.9 Å². The first-order chi connectivity index (χ1) is 12.0. The monoisotopic (exact) mass is 398 g/mol. The molecule has 1 atom stereocenters. The molecule has 0 radical (unpaired) electrons. The summed E-state index contributed by atoms with van der Waals surface area (Å²) in [6, 6.07) is 4.80. The van der Waals surface area contributed by atoms with E-state index in [-0.39, 0.29) is 18.2 Å². The maximum atomic E-state index is 12.2. The summed E-state index contributed by atoms with van der Waals surface area (Å²) in [5, 5.41) is 14.3. The van der Waals surface area contributed by atoms with E-state index in [1.54, 1.807) is 18.2 Å². The van der Waals surface area contributed by atoms with Crippen molar-refractivity contribution in [2.24, 2.45) is 10.2 Å². The Morgan fingerprint density at radius 1 is 1.28 bits per heavy atom. The highest BCUT2D eigenvalue weighted by atomic mass is 35.5. The van der Waals surface area contributed by atoms with Gasteiger partial charge in [0, 0.05) is 17.2 Å². The number of halogens is 2. The minimum Gasteiger partial charge on any atom is -0.325 e. The fraction of sp³-hybridized carbons (Fsp3) is 0.375. The molecule has 1 aliphatic carbocycles. The van der Waals surface area contributed by atoms with Crippen LogP contribution in [0, 0.1) is 0 Å². The molecule has 2 fully saturated rings. The number of carbonyl (C=O) groups is 2. The Morgan fingerprint density at radius 3 is 2.80 bits per heavy atom. The number of amides is 2. The SMILES string of the molecule is O=C(CC1S/C(=N\N=C2CCCC2)NC1=O)Nc1cc(Cl)ccc1Cl. The number of anilines is 1. The van der Waals surface area contributed by atoms with Crippen LogP contribution in [-0.4, -0.2) is 27.9 Å². The minimum atomic E-state index is -0.541. The van der Waals surface area contributed by atoms with E-state index in [4.69, 9.17) is 23.2 Å². The van der Waals surface area contributed by atoms with E-state index in [2.05, 4.69) is 20.8 Å². The van der Waals surface area contributed by atoms with Crippen molar-refractivity contribution in [2.45, 2.75) is 37.4 Å². The fourth-order valence-corrected chi connectivity index (χ4v) is 3.80. The molecule has 1 saturated carbocycles. The third-order valence-corrected chi connectivity index (χ3v) is 5.45. The van der Waals surface area contributed by atoms with E-state index < -0.39 is 5.25 Å². The molecule has 0 spiro atoms. The summed E-state index contributed by atoms with van der Waals surface area (Å²) in [5.41, 5.74) is 1.48. The zero-order valence-electron chi connectivity index (χ0n) is 13.2. The van der Waals surface area contributed by atoms with E-state index in [0.717, 1.165) is 31.4 Å². The van der Waals surface area contributed by atoms with Gasteiger partial charge in [-0.1, -0.05) is 35.0 Å². The van der Waals surface area contributed by atoms with E-state index >= 15 is 0 Å². The molecule has 1 heterocycles. The second-order valence-corrected chi connectivity index (χ2v) is 7.79. The van der Waals surface area contributed by atoms with Gasteiger partial charge in [-0.15, -0.1) is 5.10 Å². The van der Waals surface area contributed by atoms with Gasteiger partial charge < -0.3 is 10.6 Å². The van der Waals surface area contributed by atoms with Gasteiger partial charge in [0.1, 0.15) is 5.25 Å². The number of hydrogen-bond acceptors (Lipinski definition) is 5. The summed E-state index contributed by atoms with van der Waals surface area (Å²) in [4.78, 5) is 24.2. The molecule has 2 aliphatic rings. The molecule has 6 nitrogen and oxygen atoms in total. The van der Waals surface area contributed by atoms with Gasteiger partial charge >= 0.3 is 0 Å². The highest BCUT2D eigenvalue weighted by Gasteiger charge is 2.32. The summed E-state index contributed by atoms with van der Waals surface area (Å²) in [6.07, 6.45) is 4.20. The Bertz CT molecular complexity index is 759. The van der Waals surface area contributed by atoms with Crippen LogP contribution >= 0.6 is 35.0 Å². The number of thioether (sulfide) groups is 1. The lowest BCUT2D eigenvalue weighted by atomic mass is 10.2. The number of nitrogens with zero attached hydrogens (tertiary/aromatic N) is 2. The van der Waals surface area contributed by atoms with E-state index in [1.807, 2.05) is 0 Å². The van der Waals surface area contributed by atoms with Crippen molar-refractivity contribution in [3.63, 3.8) is 0 Å². The van der Waals surface area contributed by atoms with Gasteiger partial charge in [-0.05, 0) is 43.9 Å². The second-order valence-electron chi connectivity index (χ2n) is 5.75. The average molecular weight is 399 g/mol. The minimum absolute atomic E-state index is 0.00886. The first-order valence-corrected chi connectivity index (χ1v) is 9.50. The molecule has 1 saturated heterocycles. The lowest BCUT2D eigenvalue weighted by Crippen LogP contribution is -2.28. The summed E-state index contributed by atoms with van der Waals surface area (Å²) in [6.45, 7) is 0. The molecule has 0 bridgehead atoms. The number of hydrogen-bond donors (Lipinski definition) is 2. The van der Waals surface area contributed by atoms with Crippen molar-refractivity contribution in [3.8, 4) is 0 Å². The highest BCUT2D eigenvalue weighted by molar-refractivity contribution is 8.15. The van der Waals surface area contributed by atoms with Crippen molar-refractivity contribution < 1.29 is 9.59 Å². The highest BCUT2D eigenvalue weighted by Crippen LogP contribution is 2.27. The number of nitrogens with one attached hydrogen (secondary N) is 2. The summed E-state index contributed by atoms with van der Waals surface area (Å²) in [7, 11) is 0. The predicted molar refractivity (Wildman–Crippen MR) is 103 cm³/mol. The Balaban J connectivity index is 1.58. The molecule has 1 aromatic carbocycles. The Hall–Kier alpha value is -1.57. The molecule has 2 N–H and O–H groups in total. The van der Waals surface area contributed by atoms with Crippen LogP contribution in [0.2, 0.25) is 10.0 Å². The average Bonchev–Trinajstić information content (AvgIpc) is 3.19. The van der Waals surface area contributed by atoms with Crippen molar-refractivity contribution in [1.29, 1.82) is 0 Å². The van der Waals surface area contributed by atoms with Gasteiger partial charge in [-0.3, -0.25) is 9.59 Å². The maximum absolute atomic E-state index is 12.2. The van der Waals surface area contributed by atoms with E-state index in [1.165, 1.54) is 11.8 Å². The van der Waals surface area contributed by atoms with Gasteiger partial charge in [0.25, 0.3) is 0 Å². The van der Waals surface area contributed by atoms with Crippen molar-refractivity contribution >= 4 is 63.3 Å². The molecule has 1 unspecified atom stereocenters. The standard InChI is InChI=1S/C16H16Cl2N4O2S/c17-9-5-6-11(18)12(7-9)19-14(23)8-13-15(24)20-16(25-13)22-21-10-3-1-2-4-10/h5-7,13H,1-4,8H2,(H,19,23)(H,20,22,24). The Labute approximate surface area is 159 Å². The van der Waals surface area contributed by atoms with Crippen molar-refractivity contribution in [3.05, 3.63) is 28.2 Å². The quantitative estimate of drug-likeness (QED) is 0.755. The Morgan fingerprint density at radius 2 is 2.04 bits per heavy atom. The molecule has 0 aromatic heterocycles. The van der Waals surface area contributed by atoms with Crippen LogP contribution in [0.5, 0.6) is 0 Å². The second kappa shape index (κ2) is 8.21. The molecular weight excluding hydrogens is 383 g/mol. The number of carbonyl (C=O) groups excluding carboxylic acids is 2. The zero-order valence-corrected chi connectivity index (χ0v) is 15.5. The largest absolute Gasteiger partial charge is 0.325 e. The predicted octanol–water partition coefficient (Wildman–Crippen LogP) is 3.84. The van der Waals surface area contributed by atoms with Gasteiger partial charge in [-0.25, -0.2) is 0 Å². The lowest BCUT2D eigenvalue weighted by Gasteiger charge is -2.09. The number of benzene rings is 1. The lowest BCUT2D eigenvalue weighted by molar-refractivity contribution is -0.122. The molecule has 9 heteroatoms. The molecule has 1 aliphatic heterocycles. The first-order valence-electron chi connectivity index (χ1n) is 7.87. The zero-order chi connectivity index (χ0) is 17.8. The normalized spacial score (nSPS) is 21.5. The molecule has 132 valence electrons. The summed E-state index contributed by atoms with van der Waals surface area (Å²) >= 11 is 13.1. The first kappa shape index (κ1) is 18.2. The van der Waals surface area contributed by atoms with Gasteiger partial charge in [0.15, 0.2) is 5.17 Å². The van der Waals surface area contributed by atoms with Crippen LogP contribution in [0.4, 0.5) is 5.69 Å². The van der Waals surface area contributed by atoms with Crippen molar-refractivity contribution in [1.82, 2.24) is 5.32 Å². The van der Waals surface area contributed by atoms with Gasteiger partial charge in [0.2, 0.25) is 11.8 Å². The van der Waals surface area contributed by atoms with Crippen LogP contribution in [0.3, 0.4) is 0 Å². The molecule has 3 rings (SSSR count). The van der Waals surface area contributed by atoms with Gasteiger partial charge in [0.05, 0.1) is 10.7 Å². The van der Waals surface area contributed by atoms with Crippen LogP contribution in [0.15, 0.2) is 28.4 Å². The van der Waals surface area contributed by atoms with Crippen LogP contribution in [0.1, 0.15) is 32.1 Å². The summed E-state index contributed by atoms with van der Waals surface area (Å²) < 4.78 is 0. The molecule has 25 heavy (non-hydrogen) atoms.